The molecule has 0 aliphatic heterocycles. The number of halogens is 1. The largest absolute Gasteiger partial charge is 0.489 e. The van der Waals surface area contributed by atoms with Crippen molar-refractivity contribution in [2.75, 3.05) is 7.05 Å². The summed E-state index contributed by atoms with van der Waals surface area (Å²) in [6.07, 6.45) is 0.888. The average molecular weight is 311 g/mol. The summed E-state index contributed by atoms with van der Waals surface area (Å²) in [5, 5.41) is 7.19. The van der Waals surface area contributed by atoms with E-state index in [1.54, 1.807) is 11.3 Å². The van der Waals surface area contributed by atoms with E-state index in [0.29, 0.717) is 5.02 Å². The lowest BCUT2D eigenvalue weighted by Crippen LogP contribution is -2.41. The van der Waals surface area contributed by atoms with Crippen LogP contribution in [0.3, 0.4) is 0 Å². The fourth-order valence-corrected chi connectivity index (χ4v) is 3.04. The Morgan fingerprint density at radius 1 is 1.45 bits per heavy atom. The smallest absolute Gasteiger partial charge is 0.121 e. The summed E-state index contributed by atoms with van der Waals surface area (Å²) in [4.78, 5) is 4.50. The van der Waals surface area contributed by atoms with Crippen molar-refractivity contribution < 1.29 is 4.74 Å². The Labute approximate surface area is 129 Å². The van der Waals surface area contributed by atoms with Gasteiger partial charge in [0.15, 0.2) is 0 Å². The van der Waals surface area contributed by atoms with Gasteiger partial charge in [0.1, 0.15) is 11.9 Å². The van der Waals surface area contributed by atoms with E-state index in [-0.39, 0.29) is 12.1 Å². The van der Waals surface area contributed by atoms with Gasteiger partial charge in [0.05, 0.1) is 5.01 Å². The van der Waals surface area contributed by atoms with Gasteiger partial charge < -0.3 is 10.1 Å². The van der Waals surface area contributed by atoms with Crippen LogP contribution in [0.4, 0.5) is 0 Å². The second-order valence-electron chi connectivity index (χ2n) is 4.76. The fourth-order valence-electron chi connectivity index (χ4n) is 2.02. The lowest BCUT2D eigenvalue weighted by atomic mass is 10.1. The highest BCUT2D eigenvalue weighted by Gasteiger charge is 2.19. The molecule has 2 unspecified atom stereocenters. The predicted octanol–water partition coefficient (Wildman–Crippen LogP) is 3.70. The SMILES string of the molecule is CNC(Cc1nc(C)cs1)C(C)Oc1cccc(Cl)c1. The second-order valence-corrected chi connectivity index (χ2v) is 6.14. The van der Waals surface area contributed by atoms with Crippen LogP contribution in [0.15, 0.2) is 29.6 Å². The highest BCUT2D eigenvalue weighted by molar-refractivity contribution is 7.09. The van der Waals surface area contributed by atoms with E-state index < -0.39 is 0 Å². The van der Waals surface area contributed by atoms with Crippen molar-refractivity contribution in [2.45, 2.75) is 32.4 Å². The van der Waals surface area contributed by atoms with Crippen LogP contribution < -0.4 is 10.1 Å². The summed E-state index contributed by atoms with van der Waals surface area (Å²) in [6.45, 7) is 4.07. The molecule has 2 atom stereocenters. The second kappa shape index (κ2) is 7.07. The topological polar surface area (TPSA) is 34.2 Å². The molecule has 0 aliphatic carbocycles. The maximum Gasteiger partial charge on any atom is 0.121 e. The molecule has 1 heterocycles. The van der Waals surface area contributed by atoms with Crippen molar-refractivity contribution in [1.29, 1.82) is 0 Å². The van der Waals surface area contributed by atoms with Gasteiger partial charge >= 0.3 is 0 Å². The lowest BCUT2D eigenvalue weighted by molar-refractivity contribution is 0.174. The molecule has 0 saturated heterocycles. The number of benzene rings is 1. The molecule has 1 aromatic carbocycles. The number of hydrogen-bond donors (Lipinski definition) is 1. The number of aromatic nitrogens is 1. The van der Waals surface area contributed by atoms with E-state index >= 15 is 0 Å². The monoisotopic (exact) mass is 310 g/mol. The Morgan fingerprint density at radius 3 is 2.85 bits per heavy atom. The zero-order valence-corrected chi connectivity index (χ0v) is 13.5. The van der Waals surface area contributed by atoms with Crippen LogP contribution in [-0.4, -0.2) is 24.2 Å². The Hall–Kier alpha value is -1.10. The van der Waals surface area contributed by atoms with Gasteiger partial charge in [-0.25, -0.2) is 4.98 Å². The molecule has 0 amide bonds. The molecule has 0 spiro atoms. The van der Waals surface area contributed by atoms with Crippen molar-refractivity contribution in [1.82, 2.24) is 10.3 Å². The van der Waals surface area contributed by atoms with Crippen molar-refractivity contribution in [2.24, 2.45) is 0 Å². The van der Waals surface area contributed by atoms with E-state index in [9.17, 15) is 0 Å². The molecular weight excluding hydrogens is 292 g/mol. The predicted molar refractivity (Wildman–Crippen MR) is 84.9 cm³/mol. The summed E-state index contributed by atoms with van der Waals surface area (Å²) in [5.41, 5.74) is 1.07. The molecule has 3 nitrogen and oxygen atoms in total. The average Bonchev–Trinajstić information content (AvgIpc) is 2.81. The first-order chi connectivity index (χ1) is 9.58. The lowest BCUT2D eigenvalue weighted by Gasteiger charge is -2.24. The number of rotatable bonds is 6. The maximum atomic E-state index is 5.97. The molecular formula is C15H19ClN2OS. The highest BCUT2D eigenvalue weighted by atomic mass is 35.5. The number of hydrogen-bond acceptors (Lipinski definition) is 4. The van der Waals surface area contributed by atoms with E-state index in [0.717, 1.165) is 22.9 Å². The minimum atomic E-state index is 0.0303. The number of aryl methyl sites for hydroxylation is 1. The number of ether oxygens (including phenoxy) is 1. The Balaban J connectivity index is 1.99. The Bertz CT molecular complexity index is 558. The van der Waals surface area contributed by atoms with E-state index in [4.69, 9.17) is 16.3 Å². The third kappa shape index (κ3) is 4.20. The molecule has 1 aromatic heterocycles. The summed E-state index contributed by atoms with van der Waals surface area (Å²) in [6, 6.07) is 7.69. The molecule has 0 saturated carbocycles. The van der Waals surface area contributed by atoms with Crippen molar-refractivity contribution in [3.05, 3.63) is 45.4 Å². The minimum Gasteiger partial charge on any atom is -0.489 e. The molecule has 108 valence electrons. The molecule has 5 heteroatoms. The number of nitrogens with one attached hydrogen (secondary N) is 1. The van der Waals surface area contributed by atoms with Gasteiger partial charge in [0, 0.05) is 28.6 Å². The summed E-state index contributed by atoms with van der Waals surface area (Å²) < 4.78 is 5.96. The molecule has 2 rings (SSSR count). The minimum absolute atomic E-state index is 0.0303. The van der Waals surface area contributed by atoms with Crippen LogP contribution in [0, 0.1) is 6.92 Å². The van der Waals surface area contributed by atoms with Gasteiger partial charge in [0.2, 0.25) is 0 Å². The van der Waals surface area contributed by atoms with Crippen LogP contribution in [0.1, 0.15) is 17.6 Å². The third-order valence-corrected chi connectivity index (χ3v) is 4.34. The molecule has 2 aromatic rings. The fraction of sp³-hybridized carbons (Fsp3) is 0.400. The summed E-state index contributed by atoms with van der Waals surface area (Å²) >= 11 is 7.66. The molecule has 1 N–H and O–H groups in total. The normalized spacial score (nSPS) is 14.0. The highest BCUT2D eigenvalue weighted by Crippen LogP contribution is 2.20. The zero-order chi connectivity index (χ0) is 14.5. The molecule has 0 fully saturated rings. The maximum absolute atomic E-state index is 5.97. The summed E-state index contributed by atoms with van der Waals surface area (Å²) in [7, 11) is 1.95. The number of thiazole rings is 1. The Kier molecular flexibility index (Phi) is 5.40. The summed E-state index contributed by atoms with van der Waals surface area (Å²) in [5.74, 6) is 0.792. The first-order valence-corrected chi connectivity index (χ1v) is 7.84. The third-order valence-electron chi connectivity index (χ3n) is 3.12. The quantitative estimate of drug-likeness (QED) is 0.883. The zero-order valence-electron chi connectivity index (χ0n) is 11.9. The van der Waals surface area contributed by atoms with Crippen molar-refractivity contribution >= 4 is 22.9 Å². The van der Waals surface area contributed by atoms with Crippen LogP contribution in [0.5, 0.6) is 5.75 Å². The first-order valence-electron chi connectivity index (χ1n) is 6.59. The van der Waals surface area contributed by atoms with Crippen molar-refractivity contribution in [3.63, 3.8) is 0 Å². The first kappa shape index (κ1) is 15.3. The van der Waals surface area contributed by atoms with Crippen LogP contribution in [-0.2, 0) is 6.42 Å². The van der Waals surface area contributed by atoms with Crippen molar-refractivity contribution in [3.8, 4) is 5.75 Å². The van der Waals surface area contributed by atoms with Gasteiger partial charge in [0.25, 0.3) is 0 Å². The van der Waals surface area contributed by atoms with Gasteiger partial charge in [-0.05, 0) is 39.1 Å². The Morgan fingerprint density at radius 2 is 2.25 bits per heavy atom. The van der Waals surface area contributed by atoms with E-state index in [1.165, 1.54) is 0 Å². The number of likely N-dealkylation sites (N-methyl/N-ethyl adjacent to an activating group) is 1. The van der Waals surface area contributed by atoms with E-state index in [2.05, 4.69) is 22.6 Å². The molecule has 20 heavy (non-hydrogen) atoms. The standard InChI is InChI=1S/C15H19ClN2OS/c1-10-9-20-15(18-10)8-14(17-3)11(2)19-13-6-4-5-12(16)7-13/h4-7,9,11,14,17H,8H2,1-3H3. The van der Waals surface area contributed by atoms with Crippen LogP contribution in [0.25, 0.3) is 0 Å². The van der Waals surface area contributed by atoms with Crippen LogP contribution in [0.2, 0.25) is 5.02 Å². The molecule has 0 aliphatic rings. The molecule has 0 radical (unpaired) electrons. The molecule has 0 bridgehead atoms. The number of nitrogens with zero attached hydrogens (tertiary/aromatic N) is 1. The van der Waals surface area contributed by atoms with Gasteiger partial charge in [-0.15, -0.1) is 11.3 Å². The van der Waals surface area contributed by atoms with Gasteiger partial charge in [-0.1, -0.05) is 17.7 Å². The van der Waals surface area contributed by atoms with Crippen LogP contribution >= 0.6 is 22.9 Å². The van der Waals surface area contributed by atoms with Gasteiger partial charge in [-0.2, -0.15) is 0 Å². The van der Waals surface area contributed by atoms with E-state index in [1.807, 2.05) is 38.2 Å². The van der Waals surface area contributed by atoms with Gasteiger partial charge in [-0.3, -0.25) is 0 Å².